The van der Waals surface area contributed by atoms with E-state index in [0.717, 1.165) is 28.9 Å². The predicted octanol–water partition coefficient (Wildman–Crippen LogP) is 3.69. The molecule has 1 aromatic heterocycles. The average Bonchev–Trinajstić information content (AvgIpc) is 2.84. The van der Waals surface area contributed by atoms with Crippen LogP contribution in [-0.4, -0.2) is 24.4 Å². The van der Waals surface area contributed by atoms with Crippen LogP contribution in [-0.2, 0) is 6.54 Å². The van der Waals surface area contributed by atoms with E-state index in [-0.39, 0.29) is 5.78 Å². The molecule has 0 aliphatic carbocycles. The van der Waals surface area contributed by atoms with Crippen molar-refractivity contribution < 1.29 is 9.18 Å². The van der Waals surface area contributed by atoms with Gasteiger partial charge in [-0.2, -0.15) is 0 Å². The van der Waals surface area contributed by atoms with Crippen LogP contribution in [0.3, 0.4) is 0 Å². The molecule has 3 aromatic rings. The van der Waals surface area contributed by atoms with Gasteiger partial charge in [0.25, 0.3) is 0 Å². The lowest BCUT2D eigenvalue weighted by Crippen LogP contribution is -2.05. The molecule has 0 fully saturated rings. The maximum absolute atomic E-state index is 13.9. The van der Waals surface area contributed by atoms with Crippen LogP contribution in [0, 0.1) is 5.82 Å². The van der Waals surface area contributed by atoms with Crippen LogP contribution in [0.1, 0.15) is 22.3 Å². The van der Waals surface area contributed by atoms with E-state index in [1.807, 2.05) is 19.2 Å². The number of hydrogen-bond donors (Lipinski definition) is 3. The number of ketones is 1. The Bertz CT molecular complexity index is 928. The van der Waals surface area contributed by atoms with Crippen molar-refractivity contribution in [3.63, 3.8) is 0 Å². The number of carbonyl (C=O) groups excluding carboxylic acids is 1. The maximum Gasteiger partial charge on any atom is 0.165 e. The highest BCUT2D eigenvalue weighted by Crippen LogP contribution is 2.39. The fourth-order valence-corrected chi connectivity index (χ4v) is 3.34. The number of hydrogen-bond acceptors (Lipinski definition) is 3. The Morgan fingerprint density at radius 3 is 2.75 bits per heavy atom. The molecule has 0 spiro atoms. The lowest BCUT2D eigenvalue weighted by atomic mass is 10.0. The molecule has 24 heavy (non-hydrogen) atoms. The van der Waals surface area contributed by atoms with E-state index in [1.165, 1.54) is 17.7 Å². The van der Waals surface area contributed by atoms with Gasteiger partial charge in [-0.1, -0.05) is 24.3 Å². The summed E-state index contributed by atoms with van der Waals surface area (Å²) >= 11 is 0. The normalized spacial score (nSPS) is 13.8. The van der Waals surface area contributed by atoms with Crippen molar-refractivity contribution in [2.24, 2.45) is 0 Å². The molecule has 0 atom stereocenters. The SMILES string of the molecule is CNCc1ccc(-c2[nH]c3cc(F)cc4c3c2NCCC4=O)cc1. The van der Waals surface area contributed by atoms with Crippen LogP contribution in [0.4, 0.5) is 10.1 Å². The number of rotatable bonds is 3. The molecule has 4 nitrogen and oxygen atoms in total. The molecule has 0 saturated heterocycles. The van der Waals surface area contributed by atoms with Crippen molar-refractivity contribution >= 4 is 22.4 Å². The highest BCUT2D eigenvalue weighted by atomic mass is 19.1. The van der Waals surface area contributed by atoms with Crippen LogP contribution >= 0.6 is 0 Å². The molecular weight excluding hydrogens is 305 g/mol. The Labute approximate surface area is 139 Å². The van der Waals surface area contributed by atoms with E-state index < -0.39 is 5.82 Å². The standard InChI is InChI=1S/C19H18FN3O/c1-21-10-11-2-4-12(5-3-11)18-19-17-14(16(24)6-7-22-19)8-13(20)9-15(17)23-18/h2-5,8-9,21-23H,6-7,10H2,1H3. The number of aromatic amines is 1. The second kappa shape index (κ2) is 5.76. The summed E-state index contributed by atoms with van der Waals surface area (Å²) in [7, 11) is 1.91. The first-order chi connectivity index (χ1) is 11.7. The van der Waals surface area contributed by atoms with Crippen LogP contribution in [0.5, 0.6) is 0 Å². The number of Topliss-reactive ketones (excluding diaryl/α,β-unsaturated/α-hetero) is 1. The lowest BCUT2D eigenvalue weighted by molar-refractivity contribution is 0.0988. The lowest BCUT2D eigenvalue weighted by Gasteiger charge is -2.07. The minimum atomic E-state index is -0.392. The van der Waals surface area contributed by atoms with Crippen molar-refractivity contribution in [1.82, 2.24) is 10.3 Å². The Balaban J connectivity index is 1.91. The first-order valence-electron chi connectivity index (χ1n) is 8.03. The molecule has 4 rings (SSSR count). The van der Waals surface area contributed by atoms with E-state index in [1.54, 1.807) is 0 Å². The van der Waals surface area contributed by atoms with Crippen LogP contribution in [0.2, 0.25) is 0 Å². The Kier molecular flexibility index (Phi) is 3.58. The molecule has 0 unspecified atom stereocenters. The average molecular weight is 323 g/mol. The van der Waals surface area contributed by atoms with Gasteiger partial charge in [0.2, 0.25) is 0 Å². The zero-order chi connectivity index (χ0) is 16.7. The monoisotopic (exact) mass is 323 g/mol. The zero-order valence-electron chi connectivity index (χ0n) is 13.4. The molecule has 0 bridgehead atoms. The smallest absolute Gasteiger partial charge is 0.165 e. The summed E-state index contributed by atoms with van der Waals surface area (Å²) < 4.78 is 13.9. The molecule has 2 heterocycles. The molecule has 0 radical (unpaired) electrons. The minimum absolute atomic E-state index is 0.0272. The van der Waals surface area contributed by atoms with Crippen molar-refractivity contribution in [2.75, 3.05) is 18.9 Å². The Morgan fingerprint density at radius 1 is 1.21 bits per heavy atom. The maximum atomic E-state index is 13.9. The van der Waals surface area contributed by atoms with Gasteiger partial charge in [-0.05, 0) is 24.7 Å². The quantitative estimate of drug-likeness (QED) is 0.689. The van der Waals surface area contributed by atoms with E-state index >= 15 is 0 Å². The molecule has 2 aromatic carbocycles. The van der Waals surface area contributed by atoms with Gasteiger partial charge in [0.15, 0.2) is 5.78 Å². The molecule has 1 aliphatic heterocycles. The van der Waals surface area contributed by atoms with Crippen molar-refractivity contribution in [2.45, 2.75) is 13.0 Å². The second-order valence-corrected chi connectivity index (χ2v) is 6.08. The highest BCUT2D eigenvalue weighted by molar-refractivity contribution is 6.16. The molecular formula is C19H18FN3O. The van der Waals surface area contributed by atoms with Gasteiger partial charge >= 0.3 is 0 Å². The van der Waals surface area contributed by atoms with E-state index in [4.69, 9.17) is 0 Å². The highest BCUT2D eigenvalue weighted by Gasteiger charge is 2.23. The largest absolute Gasteiger partial charge is 0.382 e. The van der Waals surface area contributed by atoms with Gasteiger partial charge < -0.3 is 15.6 Å². The molecule has 3 N–H and O–H groups in total. The van der Waals surface area contributed by atoms with Gasteiger partial charge in [-0.3, -0.25) is 4.79 Å². The summed E-state index contributed by atoms with van der Waals surface area (Å²) in [4.78, 5) is 15.6. The first kappa shape index (κ1) is 14.9. The summed E-state index contributed by atoms with van der Waals surface area (Å²) in [5.41, 5.74) is 5.08. The van der Waals surface area contributed by atoms with Gasteiger partial charge in [0.05, 0.1) is 16.9 Å². The number of nitrogens with one attached hydrogen (secondary N) is 3. The van der Waals surface area contributed by atoms with Crippen LogP contribution in [0.15, 0.2) is 36.4 Å². The Hall–Kier alpha value is -2.66. The molecule has 1 aliphatic rings. The van der Waals surface area contributed by atoms with E-state index in [2.05, 4.69) is 27.8 Å². The number of H-pyrrole nitrogens is 1. The van der Waals surface area contributed by atoms with Gasteiger partial charge in [-0.25, -0.2) is 4.39 Å². The topological polar surface area (TPSA) is 56.9 Å². The van der Waals surface area contributed by atoms with E-state index in [0.29, 0.717) is 24.0 Å². The third kappa shape index (κ3) is 2.37. The minimum Gasteiger partial charge on any atom is -0.382 e. The van der Waals surface area contributed by atoms with Gasteiger partial charge in [0.1, 0.15) is 5.82 Å². The van der Waals surface area contributed by atoms with E-state index in [9.17, 15) is 9.18 Å². The Morgan fingerprint density at radius 2 is 2.00 bits per heavy atom. The second-order valence-electron chi connectivity index (χ2n) is 6.08. The predicted molar refractivity (Wildman–Crippen MR) is 93.9 cm³/mol. The summed E-state index contributed by atoms with van der Waals surface area (Å²) in [5, 5.41) is 7.25. The fourth-order valence-electron chi connectivity index (χ4n) is 3.34. The summed E-state index contributed by atoms with van der Waals surface area (Å²) in [5.74, 6) is -0.419. The molecule has 122 valence electrons. The van der Waals surface area contributed by atoms with Crippen LogP contribution < -0.4 is 10.6 Å². The summed E-state index contributed by atoms with van der Waals surface area (Å²) in [6.45, 7) is 1.36. The summed E-state index contributed by atoms with van der Waals surface area (Å²) in [6.07, 6.45) is 0.369. The van der Waals surface area contributed by atoms with Crippen molar-refractivity contribution in [1.29, 1.82) is 0 Å². The third-order valence-corrected chi connectivity index (χ3v) is 4.44. The molecule has 0 amide bonds. The number of anilines is 1. The van der Waals surface area contributed by atoms with Crippen molar-refractivity contribution in [3.05, 3.63) is 53.3 Å². The molecule has 0 saturated carbocycles. The summed E-state index contributed by atoms with van der Waals surface area (Å²) in [6, 6.07) is 11.0. The van der Waals surface area contributed by atoms with Crippen molar-refractivity contribution in [3.8, 4) is 11.3 Å². The third-order valence-electron chi connectivity index (χ3n) is 4.44. The number of aromatic nitrogens is 1. The van der Waals surface area contributed by atoms with Crippen LogP contribution in [0.25, 0.3) is 22.2 Å². The number of carbonyl (C=O) groups is 1. The molecule has 5 heteroatoms. The van der Waals surface area contributed by atoms with Gasteiger partial charge in [0, 0.05) is 36.0 Å². The van der Waals surface area contributed by atoms with Gasteiger partial charge in [-0.15, -0.1) is 0 Å². The number of halogens is 1. The number of benzene rings is 2. The zero-order valence-corrected chi connectivity index (χ0v) is 13.4. The first-order valence-corrected chi connectivity index (χ1v) is 8.03. The fraction of sp³-hybridized carbons (Fsp3) is 0.211.